The molecule has 0 radical (unpaired) electrons. The Morgan fingerprint density at radius 3 is 2.62 bits per heavy atom. The summed E-state index contributed by atoms with van der Waals surface area (Å²) in [7, 11) is 1.53. The largest absolute Gasteiger partial charge is 0.493 e. The lowest BCUT2D eigenvalue weighted by Gasteiger charge is -2.14. The summed E-state index contributed by atoms with van der Waals surface area (Å²) in [5, 5.41) is 21.1. The number of amides is 1. The summed E-state index contributed by atoms with van der Waals surface area (Å²) in [4.78, 5) is 12.5. The Morgan fingerprint density at radius 2 is 1.97 bits per heavy atom. The Hall–Kier alpha value is -2.69. The first-order chi connectivity index (χ1) is 16.4. The average Bonchev–Trinajstić information content (AvgIpc) is 3.29. The number of benzene rings is 2. The molecule has 176 valence electrons. The summed E-state index contributed by atoms with van der Waals surface area (Å²) in [6.07, 6.45) is 2.21. The van der Waals surface area contributed by atoms with E-state index in [1.54, 1.807) is 12.1 Å². The van der Waals surface area contributed by atoms with E-state index < -0.39 is 5.91 Å². The van der Waals surface area contributed by atoms with E-state index in [2.05, 4.69) is 54.0 Å². The van der Waals surface area contributed by atoms with Gasteiger partial charge in [-0.3, -0.25) is 10.1 Å². The van der Waals surface area contributed by atoms with Gasteiger partial charge in [-0.15, -0.1) is 10.2 Å². The van der Waals surface area contributed by atoms with Crippen LogP contribution in [0.3, 0.4) is 0 Å². The molecule has 0 aliphatic rings. The topological polar surface area (TPSA) is 106 Å². The highest BCUT2D eigenvalue weighted by atomic mass is 127. The standard InChI is InChI=1S/C23H20BrIN4O4S/c1-3-20-28-29-23(34-20)27-22(30)15(13-26)10-14-11-18(25)21(19(12-14)31-2)33-9-8-32-17-6-4-16(24)5-7-17/h4-7,10-12H,3,8-9H2,1-2H3,(H,27,29,30). The summed E-state index contributed by atoms with van der Waals surface area (Å²) in [6, 6.07) is 13.0. The van der Waals surface area contributed by atoms with Crippen molar-refractivity contribution in [2.75, 3.05) is 25.6 Å². The third-order valence-electron chi connectivity index (χ3n) is 4.33. The number of nitrogens with zero attached hydrogens (tertiary/aromatic N) is 3. The summed E-state index contributed by atoms with van der Waals surface area (Å²) in [6.45, 7) is 2.61. The maximum absolute atomic E-state index is 12.5. The van der Waals surface area contributed by atoms with E-state index in [-0.39, 0.29) is 5.57 Å². The SMILES string of the molecule is CCc1nnc(NC(=O)C(C#N)=Cc2cc(I)c(OCCOc3ccc(Br)cc3)c(OC)c2)s1. The predicted octanol–water partition coefficient (Wildman–Crippen LogP) is 5.48. The van der Waals surface area contributed by atoms with Gasteiger partial charge in [0.05, 0.1) is 10.7 Å². The first-order valence-corrected chi connectivity index (χ1v) is 12.8. The molecule has 0 saturated heterocycles. The minimum absolute atomic E-state index is 0.0670. The number of hydrogen-bond acceptors (Lipinski definition) is 8. The first-order valence-electron chi connectivity index (χ1n) is 10.1. The van der Waals surface area contributed by atoms with Crippen LogP contribution in [0.2, 0.25) is 0 Å². The van der Waals surface area contributed by atoms with Gasteiger partial charge in [-0.25, -0.2) is 0 Å². The summed E-state index contributed by atoms with van der Waals surface area (Å²) < 4.78 is 18.8. The molecule has 1 N–H and O–H groups in total. The van der Waals surface area contributed by atoms with Crippen molar-refractivity contribution in [1.29, 1.82) is 5.26 Å². The van der Waals surface area contributed by atoms with Crippen LogP contribution in [0.15, 0.2) is 46.4 Å². The molecule has 0 unspecified atom stereocenters. The van der Waals surface area contributed by atoms with Gasteiger partial charge in [-0.05, 0) is 77.0 Å². The molecule has 0 fully saturated rings. The summed E-state index contributed by atoms with van der Waals surface area (Å²) >= 11 is 6.79. The van der Waals surface area contributed by atoms with Crippen LogP contribution in [0, 0.1) is 14.9 Å². The van der Waals surface area contributed by atoms with E-state index in [1.165, 1.54) is 24.5 Å². The van der Waals surface area contributed by atoms with Crippen molar-refractivity contribution >= 4 is 67.0 Å². The van der Waals surface area contributed by atoms with Crippen molar-refractivity contribution in [1.82, 2.24) is 10.2 Å². The van der Waals surface area contributed by atoms with Gasteiger partial charge >= 0.3 is 0 Å². The maximum atomic E-state index is 12.5. The number of nitrogens with one attached hydrogen (secondary N) is 1. The molecule has 0 aliphatic heterocycles. The Balaban J connectivity index is 1.68. The zero-order chi connectivity index (χ0) is 24.5. The number of methoxy groups -OCH3 is 1. The van der Waals surface area contributed by atoms with Crippen LogP contribution in [-0.2, 0) is 11.2 Å². The van der Waals surface area contributed by atoms with Gasteiger partial charge < -0.3 is 14.2 Å². The number of hydrogen-bond donors (Lipinski definition) is 1. The second kappa shape index (κ2) is 12.7. The van der Waals surface area contributed by atoms with Crippen LogP contribution in [0.25, 0.3) is 6.08 Å². The zero-order valence-electron chi connectivity index (χ0n) is 18.3. The van der Waals surface area contributed by atoms with Gasteiger partial charge in [0.2, 0.25) is 5.13 Å². The van der Waals surface area contributed by atoms with E-state index in [1.807, 2.05) is 37.3 Å². The quantitative estimate of drug-likeness (QED) is 0.134. The van der Waals surface area contributed by atoms with E-state index in [4.69, 9.17) is 14.2 Å². The van der Waals surface area contributed by atoms with Crippen molar-refractivity contribution in [2.24, 2.45) is 0 Å². The number of nitriles is 1. The van der Waals surface area contributed by atoms with Crippen LogP contribution < -0.4 is 19.5 Å². The van der Waals surface area contributed by atoms with Crippen molar-refractivity contribution in [3.8, 4) is 23.3 Å². The number of carbonyl (C=O) groups excluding carboxylic acids is 1. The summed E-state index contributed by atoms with van der Waals surface area (Å²) in [5.74, 6) is 1.23. The molecule has 3 rings (SSSR count). The molecule has 0 aliphatic carbocycles. The molecule has 8 nitrogen and oxygen atoms in total. The Bertz CT molecular complexity index is 1220. The van der Waals surface area contributed by atoms with Gasteiger partial charge in [0, 0.05) is 4.47 Å². The van der Waals surface area contributed by atoms with Gasteiger partial charge in [0.25, 0.3) is 5.91 Å². The molecule has 2 aromatic carbocycles. The molecular formula is C23H20BrIN4O4S. The number of halogens is 2. The van der Waals surface area contributed by atoms with Gasteiger partial charge in [-0.1, -0.05) is 34.2 Å². The van der Waals surface area contributed by atoms with Crippen molar-refractivity contribution < 1.29 is 19.0 Å². The lowest BCUT2D eigenvalue weighted by molar-refractivity contribution is -0.112. The number of carbonyl (C=O) groups is 1. The average molecular weight is 655 g/mol. The molecular weight excluding hydrogens is 635 g/mol. The van der Waals surface area contributed by atoms with Gasteiger partial charge in [-0.2, -0.15) is 5.26 Å². The highest BCUT2D eigenvalue weighted by molar-refractivity contribution is 14.1. The second-order valence-electron chi connectivity index (χ2n) is 6.66. The number of anilines is 1. The molecule has 3 aromatic rings. The van der Waals surface area contributed by atoms with Crippen LogP contribution in [0.5, 0.6) is 17.2 Å². The lowest BCUT2D eigenvalue weighted by Crippen LogP contribution is -2.13. The Morgan fingerprint density at radius 1 is 1.24 bits per heavy atom. The molecule has 1 heterocycles. The number of aromatic nitrogens is 2. The van der Waals surface area contributed by atoms with E-state index >= 15 is 0 Å². The van der Waals surface area contributed by atoms with Gasteiger partial charge in [0.15, 0.2) is 11.5 Å². The fraction of sp³-hybridized carbons (Fsp3) is 0.217. The summed E-state index contributed by atoms with van der Waals surface area (Å²) in [5.41, 5.74) is 0.556. The monoisotopic (exact) mass is 654 g/mol. The highest BCUT2D eigenvalue weighted by Crippen LogP contribution is 2.34. The number of ether oxygens (including phenoxy) is 3. The van der Waals surface area contributed by atoms with Crippen molar-refractivity contribution in [2.45, 2.75) is 13.3 Å². The van der Waals surface area contributed by atoms with E-state index in [9.17, 15) is 10.1 Å². The molecule has 11 heteroatoms. The lowest BCUT2D eigenvalue weighted by atomic mass is 10.1. The second-order valence-corrected chi connectivity index (χ2v) is 9.80. The normalized spacial score (nSPS) is 11.0. The predicted molar refractivity (Wildman–Crippen MR) is 142 cm³/mol. The van der Waals surface area contributed by atoms with Gasteiger partial charge in [0.1, 0.15) is 35.6 Å². The van der Waals surface area contributed by atoms with E-state index in [0.717, 1.165) is 25.2 Å². The molecule has 0 spiro atoms. The maximum Gasteiger partial charge on any atom is 0.268 e. The Kier molecular flexibility index (Phi) is 9.67. The first kappa shape index (κ1) is 25.9. The van der Waals surface area contributed by atoms with Crippen molar-refractivity contribution in [3.05, 3.63) is 60.6 Å². The van der Waals surface area contributed by atoms with Crippen LogP contribution >= 0.6 is 49.9 Å². The van der Waals surface area contributed by atoms with Crippen LogP contribution in [0.4, 0.5) is 5.13 Å². The third-order valence-corrected chi connectivity index (χ3v) is 6.64. The number of aryl methyl sites for hydroxylation is 1. The zero-order valence-corrected chi connectivity index (χ0v) is 22.9. The molecule has 0 saturated carbocycles. The third kappa shape index (κ3) is 7.15. The Labute approximate surface area is 223 Å². The molecule has 0 bridgehead atoms. The minimum Gasteiger partial charge on any atom is -0.493 e. The highest BCUT2D eigenvalue weighted by Gasteiger charge is 2.15. The fourth-order valence-electron chi connectivity index (χ4n) is 2.72. The molecule has 34 heavy (non-hydrogen) atoms. The fourth-order valence-corrected chi connectivity index (χ4v) is 4.44. The molecule has 1 aromatic heterocycles. The van der Waals surface area contributed by atoms with Crippen molar-refractivity contribution in [3.63, 3.8) is 0 Å². The minimum atomic E-state index is -0.555. The molecule has 0 atom stereocenters. The number of rotatable bonds is 10. The van der Waals surface area contributed by atoms with Crippen LogP contribution in [-0.4, -0.2) is 36.4 Å². The van der Waals surface area contributed by atoms with E-state index in [0.29, 0.717) is 35.4 Å². The molecule has 1 amide bonds. The van der Waals surface area contributed by atoms with Crippen LogP contribution in [0.1, 0.15) is 17.5 Å². The smallest absolute Gasteiger partial charge is 0.268 e.